The Morgan fingerprint density at radius 2 is 1.86 bits per heavy atom. The fourth-order valence-electron chi connectivity index (χ4n) is 3.07. The van der Waals surface area contributed by atoms with Crippen LogP contribution in [0.3, 0.4) is 0 Å². The zero-order chi connectivity index (χ0) is 20.9. The van der Waals surface area contributed by atoms with Gasteiger partial charge in [-0.15, -0.1) is 0 Å². The number of alkyl halides is 3. The Morgan fingerprint density at radius 1 is 1.21 bits per heavy atom. The summed E-state index contributed by atoms with van der Waals surface area (Å²) in [6.07, 6.45) is -1.92. The molecule has 156 valence electrons. The Balaban J connectivity index is 1.77. The monoisotopic (exact) mass is 400 g/mol. The Kier molecular flexibility index (Phi) is 7.03. The Hall–Kier alpha value is -2.16. The van der Waals surface area contributed by atoms with E-state index < -0.39 is 17.6 Å². The van der Waals surface area contributed by atoms with Gasteiger partial charge in [0.1, 0.15) is 5.69 Å². The normalized spacial score (nSPS) is 16.6. The summed E-state index contributed by atoms with van der Waals surface area (Å²) < 4.78 is 38.2. The minimum Gasteiger partial charge on any atom is -0.350 e. The van der Waals surface area contributed by atoms with E-state index in [1.165, 1.54) is 0 Å². The first-order chi connectivity index (χ1) is 12.9. The third-order valence-electron chi connectivity index (χ3n) is 4.46. The van der Waals surface area contributed by atoms with Gasteiger partial charge in [-0.3, -0.25) is 19.5 Å². The largest absolute Gasteiger partial charge is 0.416 e. The lowest BCUT2D eigenvalue weighted by atomic mass is 9.96. The fourth-order valence-corrected chi connectivity index (χ4v) is 3.07. The van der Waals surface area contributed by atoms with Crippen molar-refractivity contribution in [2.24, 2.45) is 5.92 Å². The van der Waals surface area contributed by atoms with Crippen molar-refractivity contribution >= 4 is 11.8 Å². The minimum absolute atomic E-state index is 0.0186. The molecule has 2 heterocycles. The molecule has 1 fully saturated rings. The zero-order valence-electron chi connectivity index (χ0n) is 16.4. The number of hydrogen-bond acceptors (Lipinski definition) is 4. The van der Waals surface area contributed by atoms with Crippen LogP contribution in [0.25, 0.3) is 0 Å². The molecule has 1 aliphatic rings. The van der Waals surface area contributed by atoms with Crippen LogP contribution in [0, 0.1) is 5.92 Å². The van der Waals surface area contributed by atoms with Gasteiger partial charge >= 0.3 is 6.18 Å². The van der Waals surface area contributed by atoms with Gasteiger partial charge in [-0.2, -0.15) is 13.2 Å². The number of aromatic nitrogens is 1. The smallest absolute Gasteiger partial charge is 0.350 e. The average molecular weight is 400 g/mol. The van der Waals surface area contributed by atoms with Crippen molar-refractivity contribution in [1.82, 2.24) is 20.5 Å². The van der Waals surface area contributed by atoms with Crippen LogP contribution < -0.4 is 10.6 Å². The summed E-state index contributed by atoms with van der Waals surface area (Å²) in [5, 5.41) is 5.59. The number of amides is 2. The first-order valence-corrected chi connectivity index (χ1v) is 9.29. The van der Waals surface area contributed by atoms with Gasteiger partial charge in [0.25, 0.3) is 5.91 Å². The topological polar surface area (TPSA) is 74.3 Å². The Bertz CT molecular complexity index is 693. The molecule has 2 N–H and O–H groups in total. The molecule has 9 heteroatoms. The SMILES string of the molecule is CC(C)(C)NC(=O)CN1CCC(CNC(=O)c2cc(C(F)(F)F)ccn2)CC1. The van der Waals surface area contributed by atoms with Crippen LogP contribution >= 0.6 is 0 Å². The maximum absolute atomic E-state index is 12.7. The first kappa shape index (κ1) is 22.1. The molecule has 0 atom stereocenters. The third kappa shape index (κ3) is 7.10. The van der Waals surface area contributed by atoms with Crippen LogP contribution in [0.15, 0.2) is 18.3 Å². The molecule has 2 rings (SSSR count). The van der Waals surface area contributed by atoms with Gasteiger partial charge in [-0.25, -0.2) is 0 Å². The molecule has 6 nitrogen and oxygen atoms in total. The first-order valence-electron chi connectivity index (χ1n) is 9.29. The molecular weight excluding hydrogens is 373 g/mol. The lowest BCUT2D eigenvalue weighted by Gasteiger charge is -2.32. The van der Waals surface area contributed by atoms with E-state index in [9.17, 15) is 22.8 Å². The predicted octanol–water partition coefficient (Wildman–Crippen LogP) is 2.46. The van der Waals surface area contributed by atoms with E-state index in [1.807, 2.05) is 20.8 Å². The highest BCUT2D eigenvalue weighted by Gasteiger charge is 2.31. The number of nitrogens with one attached hydrogen (secondary N) is 2. The maximum atomic E-state index is 12.7. The number of likely N-dealkylation sites (tertiary alicyclic amines) is 1. The lowest BCUT2D eigenvalue weighted by molar-refractivity contribution is -0.137. The van der Waals surface area contributed by atoms with Gasteiger partial charge in [-0.05, 0) is 64.8 Å². The quantitative estimate of drug-likeness (QED) is 0.796. The van der Waals surface area contributed by atoms with E-state index in [0.717, 1.165) is 44.3 Å². The molecule has 1 aliphatic heterocycles. The third-order valence-corrected chi connectivity index (χ3v) is 4.46. The standard InChI is InChI=1S/C19H27F3N4O2/c1-18(2,3)25-16(27)12-26-8-5-13(6-9-26)11-24-17(28)15-10-14(4-7-23-15)19(20,21)22/h4,7,10,13H,5-6,8-9,11-12H2,1-3H3,(H,24,28)(H,25,27). The van der Waals surface area contributed by atoms with E-state index in [0.29, 0.717) is 13.1 Å². The zero-order valence-corrected chi connectivity index (χ0v) is 16.4. The van der Waals surface area contributed by atoms with E-state index in [2.05, 4.69) is 20.5 Å². The lowest BCUT2D eigenvalue weighted by Crippen LogP contribution is -2.48. The van der Waals surface area contributed by atoms with Gasteiger partial charge in [-0.1, -0.05) is 0 Å². The second kappa shape index (κ2) is 8.89. The minimum atomic E-state index is -4.51. The molecule has 0 bridgehead atoms. The summed E-state index contributed by atoms with van der Waals surface area (Å²) in [5.41, 5.74) is -1.41. The highest BCUT2D eigenvalue weighted by Crippen LogP contribution is 2.29. The number of halogens is 3. The fraction of sp³-hybridized carbons (Fsp3) is 0.632. The molecule has 0 spiro atoms. The molecule has 1 aromatic rings. The summed E-state index contributed by atoms with van der Waals surface area (Å²) in [6.45, 7) is 7.97. The molecule has 0 unspecified atom stereocenters. The van der Waals surface area contributed by atoms with Gasteiger partial charge in [0.05, 0.1) is 12.1 Å². The molecule has 0 aliphatic carbocycles. The summed E-state index contributed by atoms with van der Waals surface area (Å²) in [7, 11) is 0. The maximum Gasteiger partial charge on any atom is 0.416 e. The summed E-state index contributed by atoms with van der Waals surface area (Å²) in [4.78, 5) is 29.9. The van der Waals surface area contributed by atoms with Crippen LogP contribution in [0.1, 0.15) is 49.7 Å². The van der Waals surface area contributed by atoms with Crippen molar-refractivity contribution in [2.75, 3.05) is 26.2 Å². The Morgan fingerprint density at radius 3 is 2.43 bits per heavy atom. The summed E-state index contributed by atoms with van der Waals surface area (Å²) >= 11 is 0. The van der Waals surface area contributed by atoms with Crippen molar-refractivity contribution in [2.45, 2.75) is 45.3 Å². The molecular formula is C19H27F3N4O2. The number of rotatable bonds is 5. The van der Waals surface area contributed by atoms with E-state index in [1.54, 1.807) is 0 Å². The van der Waals surface area contributed by atoms with Crippen molar-refractivity contribution in [3.63, 3.8) is 0 Å². The molecule has 0 radical (unpaired) electrons. The van der Waals surface area contributed by atoms with Crippen LogP contribution in [-0.2, 0) is 11.0 Å². The van der Waals surface area contributed by atoms with Gasteiger partial charge in [0, 0.05) is 18.3 Å². The van der Waals surface area contributed by atoms with Crippen molar-refractivity contribution in [3.05, 3.63) is 29.6 Å². The molecule has 28 heavy (non-hydrogen) atoms. The number of pyridine rings is 1. The van der Waals surface area contributed by atoms with E-state index in [4.69, 9.17) is 0 Å². The van der Waals surface area contributed by atoms with Crippen molar-refractivity contribution in [3.8, 4) is 0 Å². The summed E-state index contributed by atoms with van der Waals surface area (Å²) in [6, 6.07) is 1.59. The van der Waals surface area contributed by atoms with Crippen molar-refractivity contribution < 1.29 is 22.8 Å². The highest BCUT2D eigenvalue weighted by molar-refractivity contribution is 5.92. The number of hydrogen-bond donors (Lipinski definition) is 2. The van der Waals surface area contributed by atoms with Crippen LogP contribution in [0.4, 0.5) is 13.2 Å². The molecule has 0 saturated carbocycles. The number of nitrogens with zero attached hydrogens (tertiary/aromatic N) is 2. The number of carbonyl (C=O) groups is 2. The molecule has 2 amide bonds. The van der Waals surface area contributed by atoms with Gasteiger partial charge in [0.15, 0.2) is 0 Å². The highest BCUT2D eigenvalue weighted by atomic mass is 19.4. The van der Waals surface area contributed by atoms with Crippen LogP contribution in [0.2, 0.25) is 0 Å². The second-order valence-corrected chi connectivity index (χ2v) is 8.16. The second-order valence-electron chi connectivity index (χ2n) is 8.16. The number of carbonyl (C=O) groups excluding carboxylic acids is 2. The van der Waals surface area contributed by atoms with Gasteiger partial charge in [0.2, 0.25) is 5.91 Å². The van der Waals surface area contributed by atoms with Crippen LogP contribution in [0.5, 0.6) is 0 Å². The average Bonchev–Trinajstić information content (AvgIpc) is 2.58. The van der Waals surface area contributed by atoms with Crippen LogP contribution in [-0.4, -0.2) is 53.4 Å². The predicted molar refractivity (Wildman–Crippen MR) is 98.6 cm³/mol. The van der Waals surface area contributed by atoms with Gasteiger partial charge < -0.3 is 10.6 Å². The summed E-state index contributed by atoms with van der Waals surface area (Å²) in [5.74, 6) is -0.412. The van der Waals surface area contributed by atoms with E-state index in [-0.39, 0.29) is 23.1 Å². The van der Waals surface area contributed by atoms with E-state index >= 15 is 0 Å². The molecule has 0 aromatic carbocycles. The number of piperidine rings is 1. The molecule has 1 saturated heterocycles. The Labute approximate surface area is 162 Å². The van der Waals surface area contributed by atoms with Crippen molar-refractivity contribution in [1.29, 1.82) is 0 Å². The molecule has 1 aromatic heterocycles.